The highest BCUT2D eigenvalue weighted by atomic mass is 32.2. The van der Waals surface area contributed by atoms with Crippen LogP contribution < -0.4 is 0 Å². The van der Waals surface area contributed by atoms with Gasteiger partial charge < -0.3 is 14.4 Å². The molecule has 0 saturated carbocycles. The second-order valence-electron chi connectivity index (χ2n) is 7.16. The van der Waals surface area contributed by atoms with Gasteiger partial charge in [-0.25, -0.2) is 4.79 Å². The highest BCUT2D eigenvalue weighted by molar-refractivity contribution is 7.95. The SMILES string of the molecule is CC(O)C1C(=O)N2C(C(=O)OCc3ccccc3)=C([S+]([O-])c3ccccc3)CC12. The Hall–Kier alpha value is -2.61. The molecule has 2 aliphatic heterocycles. The van der Waals surface area contributed by atoms with E-state index >= 15 is 0 Å². The summed E-state index contributed by atoms with van der Waals surface area (Å²) >= 11 is -1.60. The first kappa shape index (κ1) is 19.7. The number of nitrogens with zero attached hydrogens (tertiary/aromatic N) is 1. The van der Waals surface area contributed by atoms with Crippen LogP contribution in [-0.2, 0) is 32.1 Å². The van der Waals surface area contributed by atoms with Crippen molar-refractivity contribution >= 4 is 23.1 Å². The fourth-order valence-electron chi connectivity index (χ4n) is 3.86. The van der Waals surface area contributed by atoms with E-state index in [0.29, 0.717) is 9.80 Å². The third-order valence-electron chi connectivity index (χ3n) is 5.28. The first-order valence-corrected chi connectivity index (χ1v) is 10.6. The Balaban J connectivity index is 1.63. The number of aliphatic hydroxyl groups is 1. The number of hydrogen-bond acceptors (Lipinski definition) is 5. The molecular formula is C22H21NO5S. The molecule has 4 rings (SSSR count). The predicted octanol–water partition coefficient (Wildman–Crippen LogP) is 2.36. The molecule has 2 heterocycles. The maximum atomic E-state index is 13.2. The summed E-state index contributed by atoms with van der Waals surface area (Å²) in [4.78, 5) is 27.8. The van der Waals surface area contributed by atoms with Crippen LogP contribution >= 0.6 is 0 Å². The predicted molar refractivity (Wildman–Crippen MR) is 107 cm³/mol. The van der Waals surface area contributed by atoms with E-state index in [1.54, 1.807) is 31.2 Å². The Morgan fingerprint density at radius 1 is 1.21 bits per heavy atom. The molecule has 7 heteroatoms. The van der Waals surface area contributed by atoms with Crippen LogP contribution in [0, 0.1) is 5.92 Å². The zero-order valence-corrected chi connectivity index (χ0v) is 16.7. The molecule has 0 bridgehead atoms. The minimum atomic E-state index is -1.60. The number of ether oxygens (including phenoxy) is 1. The Labute approximate surface area is 172 Å². The number of fused-ring (bicyclic) bond motifs is 1. The van der Waals surface area contributed by atoms with Crippen LogP contribution in [0.3, 0.4) is 0 Å². The van der Waals surface area contributed by atoms with Crippen molar-refractivity contribution in [1.29, 1.82) is 0 Å². The summed E-state index contributed by atoms with van der Waals surface area (Å²) in [5.41, 5.74) is 0.869. The van der Waals surface area contributed by atoms with E-state index in [-0.39, 0.29) is 30.7 Å². The van der Waals surface area contributed by atoms with Crippen molar-refractivity contribution in [3.8, 4) is 0 Å². The number of amides is 1. The molecule has 0 spiro atoms. The number of aliphatic hydroxyl groups excluding tert-OH is 1. The average molecular weight is 411 g/mol. The highest BCUT2D eigenvalue weighted by Gasteiger charge is 2.59. The Bertz CT molecular complexity index is 944. The maximum Gasteiger partial charge on any atom is 0.360 e. The number of β-lactam (4-membered cyclic amide) rings is 1. The molecule has 2 aromatic rings. The van der Waals surface area contributed by atoms with Gasteiger partial charge in [-0.2, -0.15) is 0 Å². The molecule has 29 heavy (non-hydrogen) atoms. The minimum absolute atomic E-state index is 0.0509. The zero-order valence-electron chi connectivity index (χ0n) is 15.9. The lowest BCUT2D eigenvalue weighted by Gasteiger charge is -2.44. The first-order chi connectivity index (χ1) is 14.0. The lowest BCUT2D eigenvalue weighted by atomic mass is 9.83. The summed E-state index contributed by atoms with van der Waals surface area (Å²) in [5.74, 6) is -1.61. The normalized spacial score (nSPS) is 22.7. The molecule has 1 fully saturated rings. The maximum absolute atomic E-state index is 13.2. The van der Waals surface area contributed by atoms with Crippen molar-refractivity contribution in [3.63, 3.8) is 0 Å². The van der Waals surface area contributed by atoms with Gasteiger partial charge in [0.15, 0.2) is 15.5 Å². The molecule has 0 aliphatic carbocycles. The second kappa shape index (κ2) is 8.02. The Kier molecular flexibility index (Phi) is 5.45. The van der Waals surface area contributed by atoms with Crippen LogP contribution in [0.4, 0.5) is 0 Å². The van der Waals surface area contributed by atoms with E-state index in [2.05, 4.69) is 0 Å². The van der Waals surface area contributed by atoms with Gasteiger partial charge in [-0.05, 0) is 24.6 Å². The summed E-state index contributed by atoms with van der Waals surface area (Å²) in [6, 6.07) is 17.7. The fourth-order valence-corrected chi connectivity index (χ4v) is 5.23. The van der Waals surface area contributed by atoms with Gasteiger partial charge in [-0.1, -0.05) is 48.5 Å². The summed E-state index contributed by atoms with van der Waals surface area (Å²) in [6.07, 6.45) is -0.562. The number of esters is 1. The van der Waals surface area contributed by atoms with E-state index in [9.17, 15) is 19.2 Å². The van der Waals surface area contributed by atoms with Gasteiger partial charge in [0.1, 0.15) is 6.61 Å². The molecular weight excluding hydrogens is 390 g/mol. The number of hydrogen-bond donors (Lipinski definition) is 1. The van der Waals surface area contributed by atoms with Crippen molar-refractivity contribution in [2.24, 2.45) is 5.92 Å². The van der Waals surface area contributed by atoms with Crippen LogP contribution in [-0.4, -0.2) is 38.6 Å². The van der Waals surface area contributed by atoms with Crippen molar-refractivity contribution < 1.29 is 24.0 Å². The van der Waals surface area contributed by atoms with Gasteiger partial charge in [0, 0.05) is 17.6 Å². The van der Waals surface area contributed by atoms with E-state index in [4.69, 9.17) is 4.74 Å². The quantitative estimate of drug-likeness (QED) is 0.448. The average Bonchev–Trinajstić information content (AvgIpc) is 3.07. The molecule has 0 aromatic heterocycles. The van der Waals surface area contributed by atoms with Gasteiger partial charge in [0.05, 0.1) is 18.1 Å². The molecule has 4 atom stereocenters. The molecule has 150 valence electrons. The molecule has 1 amide bonds. The molecule has 6 nitrogen and oxygen atoms in total. The van der Waals surface area contributed by atoms with E-state index < -0.39 is 29.2 Å². The van der Waals surface area contributed by atoms with Crippen LogP contribution in [0.1, 0.15) is 18.9 Å². The van der Waals surface area contributed by atoms with Gasteiger partial charge in [0.2, 0.25) is 5.91 Å². The van der Waals surface area contributed by atoms with Gasteiger partial charge in [0.25, 0.3) is 0 Å². The van der Waals surface area contributed by atoms with Crippen LogP contribution in [0.2, 0.25) is 0 Å². The Morgan fingerprint density at radius 2 is 1.83 bits per heavy atom. The molecule has 2 aliphatic rings. The topological polar surface area (TPSA) is 89.9 Å². The number of carbonyl (C=O) groups excluding carboxylic acids is 2. The Morgan fingerprint density at radius 3 is 2.45 bits per heavy atom. The van der Waals surface area contributed by atoms with Crippen LogP contribution in [0.15, 0.2) is 76.2 Å². The third-order valence-corrected chi connectivity index (χ3v) is 6.78. The zero-order chi connectivity index (χ0) is 20.5. The van der Waals surface area contributed by atoms with Crippen molar-refractivity contribution in [1.82, 2.24) is 4.90 Å². The lowest BCUT2D eigenvalue weighted by molar-refractivity contribution is -0.162. The van der Waals surface area contributed by atoms with Crippen molar-refractivity contribution in [3.05, 3.63) is 76.8 Å². The van der Waals surface area contributed by atoms with Gasteiger partial charge >= 0.3 is 5.97 Å². The number of carbonyl (C=O) groups is 2. The summed E-state index contributed by atoms with van der Waals surface area (Å²) in [7, 11) is 0. The van der Waals surface area contributed by atoms with Gasteiger partial charge in [-0.3, -0.25) is 9.69 Å². The van der Waals surface area contributed by atoms with Gasteiger partial charge in [-0.15, -0.1) is 0 Å². The monoisotopic (exact) mass is 411 g/mol. The smallest absolute Gasteiger partial charge is 0.360 e. The largest absolute Gasteiger partial charge is 0.607 e. The van der Waals surface area contributed by atoms with Crippen molar-refractivity contribution in [2.45, 2.75) is 37.0 Å². The van der Waals surface area contributed by atoms with E-state index in [0.717, 1.165) is 5.56 Å². The second-order valence-corrected chi connectivity index (χ2v) is 8.66. The van der Waals surface area contributed by atoms with Crippen LogP contribution in [0.25, 0.3) is 0 Å². The fraction of sp³-hybridized carbons (Fsp3) is 0.273. The van der Waals surface area contributed by atoms with Crippen molar-refractivity contribution in [2.75, 3.05) is 0 Å². The molecule has 4 unspecified atom stereocenters. The van der Waals surface area contributed by atoms with Crippen LogP contribution in [0.5, 0.6) is 0 Å². The standard InChI is InChI=1S/C22H21NO5S/c1-14(24)19-17-12-18(29(27)16-10-6-3-7-11-16)20(23(17)21(19)25)22(26)28-13-15-8-4-2-5-9-15/h2-11,14,17,19,24H,12-13H2,1H3. The molecule has 1 N–H and O–H groups in total. The number of rotatable bonds is 6. The summed E-state index contributed by atoms with van der Waals surface area (Å²) < 4.78 is 18.6. The molecule has 2 aromatic carbocycles. The molecule has 1 saturated heterocycles. The molecule has 0 radical (unpaired) electrons. The van der Waals surface area contributed by atoms with E-state index in [1.165, 1.54) is 4.90 Å². The summed E-state index contributed by atoms with van der Waals surface area (Å²) in [5, 5.41) is 9.95. The number of benzene rings is 2. The first-order valence-electron chi connectivity index (χ1n) is 9.41. The van der Waals surface area contributed by atoms with E-state index in [1.807, 2.05) is 36.4 Å². The highest BCUT2D eigenvalue weighted by Crippen LogP contribution is 2.46. The summed E-state index contributed by atoms with van der Waals surface area (Å²) in [6.45, 7) is 1.61. The minimum Gasteiger partial charge on any atom is -0.607 e. The third kappa shape index (κ3) is 3.57. The lowest BCUT2D eigenvalue weighted by Crippen LogP contribution is -2.61.